The van der Waals surface area contributed by atoms with Crippen molar-refractivity contribution in [3.05, 3.63) is 29.8 Å². The minimum atomic E-state index is 0.382. The lowest BCUT2D eigenvalue weighted by atomic mass is 10.0. The van der Waals surface area contributed by atoms with Gasteiger partial charge in [-0.05, 0) is 50.0 Å². The van der Waals surface area contributed by atoms with E-state index >= 15 is 0 Å². The van der Waals surface area contributed by atoms with Gasteiger partial charge in [-0.1, -0.05) is 26.0 Å². The molecule has 0 aliphatic heterocycles. The SMILES string of the molecule is CCC(CC)(CNC(C)c1ccc(SC)cc1)SC. The predicted octanol–water partition coefficient (Wildman–Crippen LogP) is 4.98. The van der Waals surface area contributed by atoms with Crippen LogP contribution in [0, 0.1) is 0 Å². The molecule has 0 saturated heterocycles. The van der Waals surface area contributed by atoms with Gasteiger partial charge in [-0.3, -0.25) is 0 Å². The molecule has 1 aromatic carbocycles. The molecule has 3 heteroatoms. The Morgan fingerprint density at radius 3 is 2.11 bits per heavy atom. The van der Waals surface area contributed by atoms with Crippen LogP contribution in [-0.2, 0) is 0 Å². The summed E-state index contributed by atoms with van der Waals surface area (Å²) in [6.07, 6.45) is 6.78. The van der Waals surface area contributed by atoms with Crippen LogP contribution in [0.1, 0.15) is 45.2 Å². The molecular weight excluding hydrogens is 270 g/mol. The van der Waals surface area contributed by atoms with Gasteiger partial charge >= 0.3 is 0 Å². The lowest BCUT2D eigenvalue weighted by molar-refractivity contribution is 0.459. The smallest absolute Gasteiger partial charge is 0.0292 e. The Kier molecular flexibility index (Phi) is 7.33. The second kappa shape index (κ2) is 8.23. The first-order valence-electron chi connectivity index (χ1n) is 7.03. The van der Waals surface area contributed by atoms with E-state index in [9.17, 15) is 0 Å². The highest BCUT2D eigenvalue weighted by atomic mass is 32.2. The molecule has 0 aliphatic carbocycles. The fourth-order valence-corrected chi connectivity index (χ4v) is 3.42. The van der Waals surface area contributed by atoms with Crippen molar-refractivity contribution in [2.24, 2.45) is 0 Å². The van der Waals surface area contributed by atoms with Crippen LogP contribution in [0.3, 0.4) is 0 Å². The van der Waals surface area contributed by atoms with Gasteiger partial charge in [0.25, 0.3) is 0 Å². The van der Waals surface area contributed by atoms with Gasteiger partial charge in [0.2, 0.25) is 0 Å². The second-order valence-corrected chi connectivity index (χ2v) is 7.12. The Morgan fingerprint density at radius 2 is 1.68 bits per heavy atom. The van der Waals surface area contributed by atoms with Crippen LogP contribution in [0.15, 0.2) is 29.2 Å². The van der Waals surface area contributed by atoms with E-state index in [1.165, 1.54) is 23.3 Å². The van der Waals surface area contributed by atoms with Crippen molar-refractivity contribution < 1.29 is 0 Å². The molecule has 0 bridgehead atoms. The highest BCUT2D eigenvalue weighted by molar-refractivity contribution is 8.00. The highest BCUT2D eigenvalue weighted by Gasteiger charge is 2.25. The van der Waals surface area contributed by atoms with Crippen LogP contribution < -0.4 is 5.32 Å². The molecular formula is C16H27NS2. The van der Waals surface area contributed by atoms with E-state index < -0.39 is 0 Å². The van der Waals surface area contributed by atoms with Gasteiger partial charge in [0.1, 0.15) is 0 Å². The first kappa shape index (κ1) is 16.9. The third kappa shape index (κ3) is 4.73. The van der Waals surface area contributed by atoms with Crippen molar-refractivity contribution in [2.45, 2.75) is 49.3 Å². The summed E-state index contributed by atoms with van der Waals surface area (Å²) in [5, 5.41) is 3.70. The average molecular weight is 298 g/mol. The Bertz CT molecular complexity index is 349. The third-order valence-corrected chi connectivity index (χ3v) is 6.40. The number of rotatable bonds is 8. The summed E-state index contributed by atoms with van der Waals surface area (Å²) < 4.78 is 0.382. The van der Waals surface area contributed by atoms with Gasteiger partial charge in [-0.2, -0.15) is 11.8 Å². The Labute approximate surface area is 127 Å². The number of hydrogen-bond acceptors (Lipinski definition) is 3. The molecule has 0 heterocycles. The normalized spacial score (nSPS) is 13.5. The van der Waals surface area contributed by atoms with Crippen LogP contribution in [0.4, 0.5) is 0 Å². The molecule has 1 N–H and O–H groups in total. The van der Waals surface area contributed by atoms with E-state index in [0.29, 0.717) is 10.8 Å². The van der Waals surface area contributed by atoms with Crippen LogP contribution >= 0.6 is 23.5 Å². The Morgan fingerprint density at radius 1 is 1.11 bits per heavy atom. The molecule has 0 aliphatic rings. The van der Waals surface area contributed by atoms with Gasteiger partial charge < -0.3 is 5.32 Å². The molecule has 0 fully saturated rings. The lowest BCUT2D eigenvalue weighted by Gasteiger charge is -2.31. The highest BCUT2D eigenvalue weighted by Crippen LogP contribution is 2.30. The van der Waals surface area contributed by atoms with Crippen molar-refractivity contribution in [1.82, 2.24) is 5.32 Å². The molecule has 0 radical (unpaired) electrons. The predicted molar refractivity (Wildman–Crippen MR) is 91.5 cm³/mol. The monoisotopic (exact) mass is 297 g/mol. The minimum absolute atomic E-state index is 0.382. The van der Waals surface area contributed by atoms with Crippen LogP contribution in [-0.4, -0.2) is 23.8 Å². The van der Waals surface area contributed by atoms with Gasteiger partial charge in [-0.15, -0.1) is 11.8 Å². The van der Waals surface area contributed by atoms with E-state index in [1.54, 1.807) is 11.8 Å². The molecule has 1 unspecified atom stereocenters. The fraction of sp³-hybridized carbons (Fsp3) is 0.625. The fourth-order valence-electron chi connectivity index (χ4n) is 2.21. The Balaban J connectivity index is 2.60. The van der Waals surface area contributed by atoms with Crippen molar-refractivity contribution >= 4 is 23.5 Å². The molecule has 1 atom stereocenters. The first-order chi connectivity index (χ1) is 9.10. The summed E-state index contributed by atoms with van der Waals surface area (Å²) in [5.41, 5.74) is 1.38. The molecule has 0 spiro atoms. The van der Waals surface area contributed by atoms with Crippen molar-refractivity contribution in [3.63, 3.8) is 0 Å². The second-order valence-electron chi connectivity index (χ2n) is 4.97. The molecule has 1 rings (SSSR count). The zero-order chi connectivity index (χ0) is 14.3. The van der Waals surface area contributed by atoms with Crippen LogP contribution in [0.25, 0.3) is 0 Å². The number of benzene rings is 1. The van der Waals surface area contributed by atoms with E-state index in [-0.39, 0.29) is 0 Å². The van der Waals surface area contributed by atoms with E-state index in [1.807, 2.05) is 11.8 Å². The standard InChI is InChI=1S/C16H27NS2/c1-6-16(7-2,19-5)12-17-13(3)14-8-10-15(18-4)11-9-14/h8-11,13,17H,6-7,12H2,1-5H3. The maximum atomic E-state index is 3.70. The maximum Gasteiger partial charge on any atom is 0.0292 e. The molecule has 0 saturated carbocycles. The van der Waals surface area contributed by atoms with Crippen molar-refractivity contribution in [1.29, 1.82) is 0 Å². The molecule has 0 amide bonds. The summed E-state index contributed by atoms with van der Waals surface area (Å²) in [5.74, 6) is 0. The third-order valence-electron chi connectivity index (χ3n) is 4.07. The quantitative estimate of drug-likeness (QED) is 0.680. The maximum absolute atomic E-state index is 3.70. The van der Waals surface area contributed by atoms with Gasteiger partial charge in [-0.25, -0.2) is 0 Å². The average Bonchev–Trinajstić information content (AvgIpc) is 2.49. The summed E-state index contributed by atoms with van der Waals surface area (Å²) in [6.45, 7) is 7.91. The topological polar surface area (TPSA) is 12.0 Å². The number of nitrogens with one attached hydrogen (secondary N) is 1. The molecule has 19 heavy (non-hydrogen) atoms. The zero-order valence-electron chi connectivity index (χ0n) is 12.8. The number of thioether (sulfide) groups is 2. The summed E-state index contributed by atoms with van der Waals surface area (Å²) in [6, 6.07) is 9.31. The van der Waals surface area contributed by atoms with Crippen molar-refractivity contribution in [3.8, 4) is 0 Å². The number of hydrogen-bond donors (Lipinski definition) is 1. The summed E-state index contributed by atoms with van der Waals surface area (Å²) in [7, 11) is 0. The molecule has 0 aromatic heterocycles. The molecule has 108 valence electrons. The van der Waals surface area contributed by atoms with Gasteiger partial charge in [0, 0.05) is 22.2 Å². The summed E-state index contributed by atoms with van der Waals surface area (Å²) in [4.78, 5) is 1.33. The lowest BCUT2D eigenvalue weighted by Crippen LogP contribution is -2.37. The Hall–Kier alpha value is -0.120. The van der Waals surface area contributed by atoms with Gasteiger partial charge in [0.05, 0.1) is 0 Å². The van der Waals surface area contributed by atoms with Crippen LogP contribution in [0.2, 0.25) is 0 Å². The first-order valence-corrected chi connectivity index (χ1v) is 9.48. The van der Waals surface area contributed by atoms with E-state index in [0.717, 1.165) is 6.54 Å². The minimum Gasteiger partial charge on any atom is -0.309 e. The van der Waals surface area contributed by atoms with E-state index in [2.05, 4.69) is 62.9 Å². The van der Waals surface area contributed by atoms with Crippen molar-refractivity contribution in [2.75, 3.05) is 19.1 Å². The van der Waals surface area contributed by atoms with Crippen LogP contribution in [0.5, 0.6) is 0 Å². The molecule has 1 aromatic rings. The summed E-state index contributed by atoms with van der Waals surface area (Å²) >= 11 is 3.79. The zero-order valence-corrected chi connectivity index (χ0v) is 14.5. The molecule has 1 nitrogen and oxygen atoms in total. The van der Waals surface area contributed by atoms with E-state index in [4.69, 9.17) is 0 Å². The van der Waals surface area contributed by atoms with Gasteiger partial charge in [0.15, 0.2) is 0 Å². The largest absolute Gasteiger partial charge is 0.309 e.